The zero-order valence-electron chi connectivity index (χ0n) is 12.0. The third-order valence-electron chi connectivity index (χ3n) is 3.92. The maximum Gasteiger partial charge on any atom is 0.115 e. The Kier molecular flexibility index (Phi) is 4.53. The number of rotatable bonds is 4. The summed E-state index contributed by atoms with van der Waals surface area (Å²) in [5.74, 6) is 0.298. The minimum absolute atomic E-state index is 0.124. The second-order valence-corrected chi connectivity index (χ2v) is 5.52. The van der Waals surface area contributed by atoms with Gasteiger partial charge < -0.3 is 15.2 Å². The van der Waals surface area contributed by atoms with Gasteiger partial charge in [0.25, 0.3) is 0 Å². The number of ether oxygens (including phenoxy) is 1. The minimum atomic E-state index is 0.124. The molecule has 3 rings (SSSR count). The van der Waals surface area contributed by atoms with E-state index in [9.17, 15) is 5.11 Å². The van der Waals surface area contributed by atoms with Crippen LogP contribution in [0.4, 0.5) is 0 Å². The Hall–Kier alpha value is -1.84. The molecule has 110 valence electrons. The number of hydrogen-bond acceptors (Lipinski definition) is 3. The molecule has 0 aromatic heterocycles. The van der Waals surface area contributed by atoms with Crippen molar-refractivity contribution in [3.05, 3.63) is 65.7 Å². The number of aromatic hydroxyl groups is 1. The van der Waals surface area contributed by atoms with Gasteiger partial charge in [0.2, 0.25) is 0 Å². The summed E-state index contributed by atoms with van der Waals surface area (Å²) in [6.45, 7) is 1.63. The molecular weight excluding hydrogens is 262 g/mol. The van der Waals surface area contributed by atoms with E-state index in [1.54, 1.807) is 12.1 Å². The Morgan fingerprint density at radius 3 is 2.38 bits per heavy atom. The zero-order chi connectivity index (χ0) is 14.5. The van der Waals surface area contributed by atoms with Crippen LogP contribution in [0.1, 0.15) is 30.0 Å². The Morgan fingerprint density at radius 2 is 1.71 bits per heavy atom. The average Bonchev–Trinajstić information content (AvgIpc) is 2.55. The molecule has 1 aliphatic heterocycles. The Bertz CT molecular complexity index is 547. The van der Waals surface area contributed by atoms with Crippen LogP contribution in [0.5, 0.6) is 5.75 Å². The smallest absolute Gasteiger partial charge is 0.115 e. The quantitative estimate of drug-likeness (QED) is 0.905. The van der Waals surface area contributed by atoms with E-state index in [2.05, 4.69) is 29.6 Å². The van der Waals surface area contributed by atoms with Gasteiger partial charge in [0.05, 0.1) is 12.6 Å². The van der Waals surface area contributed by atoms with Gasteiger partial charge in [-0.05, 0) is 36.1 Å². The van der Waals surface area contributed by atoms with E-state index < -0.39 is 0 Å². The van der Waals surface area contributed by atoms with Gasteiger partial charge in [-0.25, -0.2) is 0 Å². The van der Waals surface area contributed by atoms with Crippen LogP contribution in [0, 0.1) is 0 Å². The summed E-state index contributed by atoms with van der Waals surface area (Å²) in [5.41, 5.74) is 2.39. The van der Waals surface area contributed by atoms with Crippen molar-refractivity contribution < 1.29 is 9.84 Å². The fourth-order valence-electron chi connectivity index (χ4n) is 2.81. The van der Waals surface area contributed by atoms with Gasteiger partial charge in [-0.3, -0.25) is 0 Å². The first-order valence-corrected chi connectivity index (χ1v) is 7.50. The minimum Gasteiger partial charge on any atom is -0.508 e. The molecule has 0 amide bonds. The van der Waals surface area contributed by atoms with Crippen LogP contribution in [0.3, 0.4) is 0 Å². The lowest BCUT2D eigenvalue weighted by molar-refractivity contribution is 0.0679. The zero-order valence-corrected chi connectivity index (χ0v) is 12.0. The van der Waals surface area contributed by atoms with Crippen molar-refractivity contribution >= 4 is 0 Å². The fraction of sp³-hybridized carbons (Fsp3) is 0.333. The van der Waals surface area contributed by atoms with Gasteiger partial charge in [-0.1, -0.05) is 42.5 Å². The molecule has 2 aromatic carbocycles. The standard InChI is InChI=1S/C18H21NO2/c20-17-10-8-15(9-11-17)18(14-5-2-1-3-6-14)19-16-7-4-12-21-13-16/h1-3,5-6,8-11,16,18-20H,4,7,12-13H2. The molecule has 2 N–H and O–H groups in total. The van der Waals surface area contributed by atoms with E-state index in [1.807, 2.05) is 18.2 Å². The lowest BCUT2D eigenvalue weighted by atomic mass is 9.96. The van der Waals surface area contributed by atoms with E-state index in [0.29, 0.717) is 11.8 Å². The highest BCUT2D eigenvalue weighted by Crippen LogP contribution is 2.25. The summed E-state index contributed by atoms with van der Waals surface area (Å²) in [4.78, 5) is 0. The third-order valence-corrected chi connectivity index (χ3v) is 3.92. The molecule has 0 spiro atoms. The fourth-order valence-corrected chi connectivity index (χ4v) is 2.81. The molecule has 3 heteroatoms. The first kappa shape index (κ1) is 14.1. The molecule has 3 nitrogen and oxygen atoms in total. The molecule has 0 aliphatic carbocycles. The van der Waals surface area contributed by atoms with Crippen LogP contribution in [-0.2, 0) is 4.74 Å². The molecule has 1 saturated heterocycles. The molecule has 2 unspecified atom stereocenters. The van der Waals surface area contributed by atoms with Crippen LogP contribution < -0.4 is 5.32 Å². The van der Waals surface area contributed by atoms with Crippen molar-refractivity contribution in [2.45, 2.75) is 24.9 Å². The SMILES string of the molecule is Oc1ccc(C(NC2CCCOC2)c2ccccc2)cc1. The van der Waals surface area contributed by atoms with Crippen LogP contribution in [0.15, 0.2) is 54.6 Å². The predicted molar refractivity (Wildman–Crippen MR) is 83.4 cm³/mol. The van der Waals surface area contributed by atoms with Crippen molar-refractivity contribution in [3.8, 4) is 5.75 Å². The normalized spacial score (nSPS) is 20.1. The first-order chi connectivity index (χ1) is 10.3. The van der Waals surface area contributed by atoms with E-state index in [-0.39, 0.29) is 6.04 Å². The molecule has 2 atom stereocenters. The van der Waals surface area contributed by atoms with E-state index in [1.165, 1.54) is 5.56 Å². The molecule has 1 fully saturated rings. The molecular formula is C18H21NO2. The van der Waals surface area contributed by atoms with Gasteiger partial charge in [0.1, 0.15) is 5.75 Å². The molecule has 2 aromatic rings. The predicted octanol–water partition coefficient (Wildman–Crippen LogP) is 3.25. The van der Waals surface area contributed by atoms with Gasteiger partial charge in [-0.2, -0.15) is 0 Å². The van der Waals surface area contributed by atoms with Gasteiger partial charge >= 0.3 is 0 Å². The Balaban J connectivity index is 1.85. The number of phenols is 1. The second kappa shape index (κ2) is 6.74. The van der Waals surface area contributed by atoms with Crippen molar-refractivity contribution in [1.82, 2.24) is 5.32 Å². The number of hydrogen-bond donors (Lipinski definition) is 2. The lowest BCUT2D eigenvalue weighted by Crippen LogP contribution is -2.39. The summed E-state index contributed by atoms with van der Waals surface area (Å²) in [7, 11) is 0. The average molecular weight is 283 g/mol. The number of nitrogens with one attached hydrogen (secondary N) is 1. The molecule has 0 saturated carbocycles. The lowest BCUT2D eigenvalue weighted by Gasteiger charge is -2.29. The van der Waals surface area contributed by atoms with Crippen LogP contribution >= 0.6 is 0 Å². The highest BCUT2D eigenvalue weighted by molar-refractivity contribution is 5.35. The van der Waals surface area contributed by atoms with Crippen molar-refractivity contribution in [3.63, 3.8) is 0 Å². The van der Waals surface area contributed by atoms with Gasteiger partial charge in [0.15, 0.2) is 0 Å². The molecule has 0 bridgehead atoms. The number of benzene rings is 2. The monoisotopic (exact) mass is 283 g/mol. The van der Waals surface area contributed by atoms with Crippen molar-refractivity contribution in [2.24, 2.45) is 0 Å². The second-order valence-electron chi connectivity index (χ2n) is 5.52. The van der Waals surface area contributed by atoms with E-state index in [4.69, 9.17) is 4.74 Å². The Labute approximate surface area is 125 Å². The molecule has 21 heavy (non-hydrogen) atoms. The summed E-state index contributed by atoms with van der Waals surface area (Å²) in [5, 5.41) is 13.2. The summed E-state index contributed by atoms with van der Waals surface area (Å²) in [6.07, 6.45) is 2.25. The third kappa shape index (κ3) is 3.63. The number of phenolic OH excluding ortho intramolecular Hbond substituents is 1. The van der Waals surface area contributed by atoms with Crippen molar-refractivity contribution in [1.29, 1.82) is 0 Å². The highest BCUT2D eigenvalue weighted by atomic mass is 16.5. The summed E-state index contributed by atoms with van der Waals surface area (Å²) >= 11 is 0. The van der Waals surface area contributed by atoms with E-state index in [0.717, 1.165) is 31.6 Å². The summed E-state index contributed by atoms with van der Waals surface area (Å²) in [6, 6.07) is 18.3. The summed E-state index contributed by atoms with van der Waals surface area (Å²) < 4.78 is 5.57. The highest BCUT2D eigenvalue weighted by Gasteiger charge is 2.20. The Morgan fingerprint density at radius 1 is 1.00 bits per heavy atom. The van der Waals surface area contributed by atoms with Crippen LogP contribution in [-0.4, -0.2) is 24.4 Å². The molecule has 1 heterocycles. The van der Waals surface area contributed by atoms with Gasteiger partial charge in [0, 0.05) is 12.6 Å². The van der Waals surface area contributed by atoms with Crippen LogP contribution in [0.2, 0.25) is 0 Å². The molecule has 0 radical (unpaired) electrons. The molecule has 1 aliphatic rings. The first-order valence-electron chi connectivity index (χ1n) is 7.50. The van der Waals surface area contributed by atoms with Crippen LogP contribution in [0.25, 0.3) is 0 Å². The maximum absolute atomic E-state index is 9.49. The van der Waals surface area contributed by atoms with E-state index >= 15 is 0 Å². The maximum atomic E-state index is 9.49. The van der Waals surface area contributed by atoms with Gasteiger partial charge in [-0.15, -0.1) is 0 Å². The van der Waals surface area contributed by atoms with Crippen molar-refractivity contribution in [2.75, 3.05) is 13.2 Å². The largest absolute Gasteiger partial charge is 0.508 e. The topological polar surface area (TPSA) is 41.5 Å².